The molecule has 1 atom stereocenters. The van der Waals surface area contributed by atoms with Crippen molar-refractivity contribution in [1.29, 1.82) is 0 Å². The van der Waals surface area contributed by atoms with E-state index in [0.29, 0.717) is 18.1 Å². The molecule has 1 aromatic heterocycles. The van der Waals surface area contributed by atoms with Crippen LogP contribution in [0.15, 0.2) is 40.8 Å². The van der Waals surface area contributed by atoms with Crippen LogP contribution in [0.5, 0.6) is 0 Å². The van der Waals surface area contributed by atoms with Gasteiger partial charge in [0.1, 0.15) is 11.3 Å². The number of carbonyl (C=O) groups excluding carboxylic acids is 1. The molecule has 126 valence electrons. The van der Waals surface area contributed by atoms with Crippen LogP contribution in [0.3, 0.4) is 0 Å². The van der Waals surface area contributed by atoms with E-state index in [1.165, 1.54) is 11.6 Å². The highest BCUT2D eigenvalue weighted by Crippen LogP contribution is 2.34. The molecule has 0 bridgehead atoms. The van der Waals surface area contributed by atoms with Crippen molar-refractivity contribution in [1.82, 2.24) is 5.32 Å². The lowest BCUT2D eigenvalue weighted by Crippen LogP contribution is -2.38. The van der Waals surface area contributed by atoms with E-state index in [1.54, 1.807) is 6.92 Å². The molecule has 1 fully saturated rings. The molecule has 1 aliphatic rings. The van der Waals surface area contributed by atoms with E-state index in [-0.39, 0.29) is 23.3 Å². The molecule has 5 nitrogen and oxygen atoms in total. The minimum atomic E-state index is -1.07. The molecular weight excluding hydrogens is 306 g/mol. The predicted molar refractivity (Wildman–Crippen MR) is 89.2 cm³/mol. The maximum Gasteiger partial charge on any atom is 0.339 e. The minimum absolute atomic E-state index is 0.0448. The largest absolute Gasteiger partial charge is 0.478 e. The van der Waals surface area contributed by atoms with Gasteiger partial charge >= 0.3 is 5.97 Å². The number of rotatable bonds is 7. The summed E-state index contributed by atoms with van der Waals surface area (Å²) < 4.78 is 5.45. The summed E-state index contributed by atoms with van der Waals surface area (Å²) in [6.07, 6.45) is 3.42. The van der Waals surface area contributed by atoms with Gasteiger partial charge in [0.2, 0.25) is 0 Å². The Morgan fingerprint density at radius 1 is 1.29 bits per heavy atom. The number of furan rings is 1. The van der Waals surface area contributed by atoms with Crippen molar-refractivity contribution in [2.45, 2.75) is 38.6 Å². The highest BCUT2D eigenvalue weighted by molar-refractivity contribution is 5.96. The zero-order valence-corrected chi connectivity index (χ0v) is 13.6. The topological polar surface area (TPSA) is 79.5 Å². The number of amides is 1. The fourth-order valence-corrected chi connectivity index (χ4v) is 2.93. The van der Waals surface area contributed by atoms with Crippen molar-refractivity contribution in [2.24, 2.45) is 5.92 Å². The van der Waals surface area contributed by atoms with Crippen molar-refractivity contribution >= 4 is 11.9 Å². The quantitative estimate of drug-likeness (QED) is 0.818. The highest BCUT2D eigenvalue weighted by Gasteiger charge is 2.33. The first-order chi connectivity index (χ1) is 11.6. The predicted octanol–water partition coefficient (Wildman–Crippen LogP) is 3.29. The molecule has 1 aromatic carbocycles. The summed E-state index contributed by atoms with van der Waals surface area (Å²) in [7, 11) is 0. The normalized spacial score (nSPS) is 15.0. The van der Waals surface area contributed by atoms with E-state index in [1.807, 2.05) is 30.3 Å². The third-order valence-electron chi connectivity index (χ3n) is 4.39. The van der Waals surface area contributed by atoms with E-state index >= 15 is 0 Å². The lowest BCUT2D eigenvalue weighted by Gasteiger charge is -2.17. The van der Waals surface area contributed by atoms with Crippen molar-refractivity contribution < 1.29 is 19.1 Å². The molecule has 2 N–H and O–H groups in total. The fourth-order valence-electron chi connectivity index (χ4n) is 2.93. The summed E-state index contributed by atoms with van der Waals surface area (Å²) in [5, 5.41) is 12.2. The standard InChI is InChI=1S/C19H21NO4/c1-2-16-14(19(22)23)11-17(24-16)18(21)20-15(13-8-9-13)10-12-6-4-3-5-7-12/h3-7,11,13,15H,2,8-10H2,1H3,(H,20,21)(H,22,23). The van der Waals surface area contributed by atoms with E-state index in [0.717, 1.165) is 19.3 Å². The smallest absolute Gasteiger partial charge is 0.339 e. The monoisotopic (exact) mass is 327 g/mol. The van der Waals surface area contributed by atoms with Crippen molar-refractivity contribution in [2.75, 3.05) is 0 Å². The summed E-state index contributed by atoms with van der Waals surface area (Å²) in [6, 6.07) is 11.4. The van der Waals surface area contributed by atoms with E-state index in [9.17, 15) is 14.7 Å². The molecule has 1 amide bonds. The number of carbonyl (C=O) groups is 2. The lowest BCUT2D eigenvalue weighted by molar-refractivity contribution is 0.0694. The van der Waals surface area contributed by atoms with Gasteiger partial charge in [0.15, 0.2) is 5.76 Å². The Kier molecular flexibility index (Phi) is 4.69. The van der Waals surface area contributed by atoms with Crippen LogP contribution in [0.2, 0.25) is 0 Å². The van der Waals surface area contributed by atoms with Crippen molar-refractivity contribution in [3.63, 3.8) is 0 Å². The molecule has 0 aliphatic heterocycles. The van der Waals surface area contributed by atoms with Crippen LogP contribution < -0.4 is 5.32 Å². The van der Waals surface area contributed by atoms with Crippen LogP contribution in [0.25, 0.3) is 0 Å². The molecule has 24 heavy (non-hydrogen) atoms. The van der Waals surface area contributed by atoms with Gasteiger partial charge in [-0.25, -0.2) is 4.79 Å². The van der Waals surface area contributed by atoms with Crippen LogP contribution in [0.4, 0.5) is 0 Å². The van der Waals surface area contributed by atoms with E-state index in [4.69, 9.17) is 4.42 Å². The average Bonchev–Trinajstić information content (AvgIpc) is 3.33. The van der Waals surface area contributed by atoms with Gasteiger partial charge in [0.05, 0.1) is 0 Å². The van der Waals surface area contributed by atoms with Gasteiger partial charge in [-0.1, -0.05) is 37.3 Å². The number of benzene rings is 1. The molecule has 0 spiro atoms. The highest BCUT2D eigenvalue weighted by atomic mass is 16.4. The first-order valence-corrected chi connectivity index (χ1v) is 8.29. The molecule has 2 aromatic rings. The molecule has 1 saturated carbocycles. The second kappa shape index (κ2) is 6.91. The van der Waals surface area contributed by atoms with Crippen LogP contribution >= 0.6 is 0 Å². The SMILES string of the molecule is CCc1oc(C(=O)NC(Cc2ccccc2)C2CC2)cc1C(=O)O. The number of aryl methyl sites for hydroxylation is 1. The number of carboxylic acids is 1. The summed E-state index contributed by atoms with van der Waals surface area (Å²) in [5.74, 6) is -0.530. The van der Waals surface area contributed by atoms with Crippen LogP contribution in [0, 0.1) is 5.92 Å². The zero-order valence-electron chi connectivity index (χ0n) is 13.6. The number of carboxylic acid groups (broad SMARTS) is 1. The average molecular weight is 327 g/mol. The number of hydrogen-bond donors (Lipinski definition) is 2. The Morgan fingerprint density at radius 2 is 2.00 bits per heavy atom. The van der Waals surface area contributed by atoms with Gasteiger partial charge in [-0.3, -0.25) is 4.79 Å². The summed E-state index contributed by atoms with van der Waals surface area (Å²) in [4.78, 5) is 23.7. The molecule has 0 radical (unpaired) electrons. The number of nitrogens with one attached hydrogen (secondary N) is 1. The Bertz CT molecular complexity index is 731. The van der Waals surface area contributed by atoms with Gasteiger partial charge in [-0.2, -0.15) is 0 Å². The molecule has 3 rings (SSSR count). The third kappa shape index (κ3) is 3.67. The maximum absolute atomic E-state index is 12.5. The Labute approximate surface area is 140 Å². The summed E-state index contributed by atoms with van der Waals surface area (Å²) in [5.41, 5.74) is 1.24. The van der Waals surface area contributed by atoms with Crippen LogP contribution in [0.1, 0.15) is 52.0 Å². The molecule has 5 heteroatoms. The fraction of sp³-hybridized carbons (Fsp3) is 0.368. The molecule has 0 saturated heterocycles. The maximum atomic E-state index is 12.5. The molecule has 1 unspecified atom stereocenters. The summed E-state index contributed by atoms with van der Waals surface area (Å²) >= 11 is 0. The van der Waals surface area contributed by atoms with Gasteiger partial charge in [-0.15, -0.1) is 0 Å². The molecule has 1 aliphatic carbocycles. The van der Waals surface area contributed by atoms with Gasteiger partial charge < -0.3 is 14.8 Å². The first-order valence-electron chi connectivity index (χ1n) is 8.29. The minimum Gasteiger partial charge on any atom is -0.478 e. The van der Waals surface area contributed by atoms with Gasteiger partial charge in [0.25, 0.3) is 5.91 Å². The van der Waals surface area contributed by atoms with E-state index in [2.05, 4.69) is 5.32 Å². The van der Waals surface area contributed by atoms with E-state index < -0.39 is 5.97 Å². The molecular formula is C19H21NO4. The second-order valence-electron chi connectivity index (χ2n) is 6.21. The van der Waals surface area contributed by atoms with Gasteiger partial charge in [0, 0.05) is 18.5 Å². The Balaban J connectivity index is 1.73. The number of hydrogen-bond acceptors (Lipinski definition) is 3. The zero-order chi connectivity index (χ0) is 17.1. The third-order valence-corrected chi connectivity index (χ3v) is 4.39. The van der Waals surface area contributed by atoms with Crippen molar-refractivity contribution in [3.05, 3.63) is 59.0 Å². The second-order valence-corrected chi connectivity index (χ2v) is 6.21. The molecule has 1 heterocycles. The lowest BCUT2D eigenvalue weighted by atomic mass is 10.0. The van der Waals surface area contributed by atoms with Crippen LogP contribution in [-0.2, 0) is 12.8 Å². The summed E-state index contributed by atoms with van der Waals surface area (Å²) in [6.45, 7) is 1.80. The Hall–Kier alpha value is -2.56. The first kappa shape index (κ1) is 16.3. The number of aromatic carboxylic acids is 1. The van der Waals surface area contributed by atoms with Gasteiger partial charge in [-0.05, 0) is 30.7 Å². The van der Waals surface area contributed by atoms with Crippen molar-refractivity contribution in [3.8, 4) is 0 Å². The Morgan fingerprint density at radius 3 is 2.54 bits per heavy atom. The van der Waals surface area contributed by atoms with Crippen LogP contribution in [-0.4, -0.2) is 23.0 Å².